The summed E-state index contributed by atoms with van der Waals surface area (Å²) in [6, 6.07) is 4.74. The summed E-state index contributed by atoms with van der Waals surface area (Å²) in [5, 5.41) is 19.8. The van der Waals surface area contributed by atoms with Crippen LogP contribution in [0.3, 0.4) is 0 Å². The summed E-state index contributed by atoms with van der Waals surface area (Å²) >= 11 is 1.58. The molecule has 6 nitrogen and oxygen atoms in total. The quantitative estimate of drug-likeness (QED) is 0.682. The molecule has 0 aromatic heterocycles. The van der Waals surface area contributed by atoms with Gasteiger partial charge in [-0.05, 0) is 29.0 Å². The monoisotopic (exact) mass is 294 g/mol. The molecule has 1 aromatic carbocycles. The number of thioether (sulfide) groups is 1. The van der Waals surface area contributed by atoms with E-state index in [0.29, 0.717) is 18.8 Å². The summed E-state index contributed by atoms with van der Waals surface area (Å²) in [4.78, 5) is 22.6. The van der Waals surface area contributed by atoms with Gasteiger partial charge in [-0.3, -0.25) is 10.1 Å². The zero-order valence-corrected chi connectivity index (χ0v) is 11.7. The highest BCUT2D eigenvalue weighted by atomic mass is 32.2. The molecule has 7 heteroatoms. The second kappa shape index (κ2) is 5.96. The molecule has 1 amide bonds. The lowest BCUT2D eigenvalue weighted by Gasteiger charge is -2.13. The van der Waals surface area contributed by atoms with E-state index < -0.39 is 11.0 Å². The molecule has 0 fully saturated rings. The minimum Gasteiger partial charge on any atom is -0.465 e. The van der Waals surface area contributed by atoms with Crippen LogP contribution in [0.25, 0.3) is 5.57 Å². The maximum atomic E-state index is 10.9. The van der Waals surface area contributed by atoms with E-state index >= 15 is 0 Å². The van der Waals surface area contributed by atoms with Crippen LogP contribution in [0.2, 0.25) is 0 Å². The molecule has 0 radical (unpaired) electrons. The van der Waals surface area contributed by atoms with E-state index in [0.717, 1.165) is 16.7 Å². The highest BCUT2D eigenvalue weighted by Gasteiger charge is 2.22. The van der Waals surface area contributed by atoms with Gasteiger partial charge in [0.1, 0.15) is 0 Å². The molecule has 2 rings (SSSR count). The van der Waals surface area contributed by atoms with Crippen molar-refractivity contribution in [2.24, 2.45) is 0 Å². The highest BCUT2D eigenvalue weighted by molar-refractivity contribution is 7.97. The lowest BCUT2D eigenvalue weighted by Crippen LogP contribution is -2.26. The van der Waals surface area contributed by atoms with Gasteiger partial charge in [-0.1, -0.05) is 6.08 Å². The maximum Gasteiger partial charge on any atom is 0.407 e. The van der Waals surface area contributed by atoms with Crippen molar-refractivity contribution in [1.29, 1.82) is 0 Å². The van der Waals surface area contributed by atoms with Crippen molar-refractivity contribution >= 4 is 29.1 Å². The number of nitro groups is 1. The summed E-state index contributed by atoms with van der Waals surface area (Å²) in [5.41, 5.74) is 2.73. The molecule has 20 heavy (non-hydrogen) atoms. The highest BCUT2D eigenvalue weighted by Crippen LogP contribution is 2.29. The number of rotatable bonds is 4. The summed E-state index contributed by atoms with van der Waals surface area (Å²) in [7, 11) is 0. The van der Waals surface area contributed by atoms with E-state index in [1.165, 1.54) is 11.0 Å². The average molecular weight is 294 g/mol. The smallest absolute Gasteiger partial charge is 0.407 e. The number of hydrogen-bond donors (Lipinski definition) is 1. The van der Waals surface area contributed by atoms with Crippen LogP contribution in [0, 0.1) is 10.1 Å². The summed E-state index contributed by atoms with van der Waals surface area (Å²) in [5.74, 6) is 0.654. The molecule has 0 saturated heterocycles. The van der Waals surface area contributed by atoms with Crippen LogP contribution >= 0.6 is 11.8 Å². The Balaban J connectivity index is 2.32. The van der Waals surface area contributed by atoms with Crippen LogP contribution in [-0.4, -0.2) is 40.4 Å². The third kappa shape index (κ3) is 2.93. The van der Waals surface area contributed by atoms with E-state index in [9.17, 15) is 14.9 Å². The molecule has 1 N–H and O–H groups in total. The molecule has 0 unspecified atom stereocenters. The number of nitrogens with zero attached hydrogens (tertiary/aromatic N) is 2. The van der Waals surface area contributed by atoms with Crippen LogP contribution in [0.4, 0.5) is 10.5 Å². The predicted molar refractivity (Wildman–Crippen MR) is 77.9 cm³/mol. The minimum atomic E-state index is -0.954. The van der Waals surface area contributed by atoms with Gasteiger partial charge >= 0.3 is 6.09 Å². The van der Waals surface area contributed by atoms with Gasteiger partial charge in [0.2, 0.25) is 0 Å². The lowest BCUT2D eigenvalue weighted by molar-refractivity contribution is -0.384. The van der Waals surface area contributed by atoms with Gasteiger partial charge < -0.3 is 10.0 Å². The van der Waals surface area contributed by atoms with Gasteiger partial charge in [0.15, 0.2) is 0 Å². The van der Waals surface area contributed by atoms with Crippen LogP contribution in [0.5, 0.6) is 0 Å². The number of non-ortho nitro benzene ring substituents is 1. The van der Waals surface area contributed by atoms with E-state index in [2.05, 4.69) is 0 Å². The largest absolute Gasteiger partial charge is 0.465 e. The Morgan fingerprint density at radius 3 is 2.85 bits per heavy atom. The van der Waals surface area contributed by atoms with Gasteiger partial charge in [0, 0.05) is 31.0 Å². The van der Waals surface area contributed by atoms with Gasteiger partial charge in [0.25, 0.3) is 5.69 Å². The van der Waals surface area contributed by atoms with E-state index in [-0.39, 0.29) is 5.69 Å². The fraction of sp³-hybridized carbons (Fsp3) is 0.308. The van der Waals surface area contributed by atoms with Crippen molar-refractivity contribution in [3.63, 3.8) is 0 Å². The zero-order valence-electron chi connectivity index (χ0n) is 10.9. The molecule has 1 aliphatic heterocycles. The molecular weight excluding hydrogens is 280 g/mol. The predicted octanol–water partition coefficient (Wildman–Crippen LogP) is 2.83. The second-order valence-corrected chi connectivity index (χ2v) is 5.29. The average Bonchev–Trinajstić information content (AvgIpc) is 2.88. The Hall–Kier alpha value is -2.02. The summed E-state index contributed by atoms with van der Waals surface area (Å²) in [6.07, 6.45) is 2.83. The van der Waals surface area contributed by atoms with Crippen LogP contribution in [0.1, 0.15) is 11.1 Å². The molecule has 0 spiro atoms. The number of hydrogen-bond acceptors (Lipinski definition) is 4. The molecule has 0 bridgehead atoms. The Morgan fingerprint density at radius 2 is 2.30 bits per heavy atom. The number of carboxylic acid groups (broad SMARTS) is 1. The molecule has 0 saturated carbocycles. The Kier molecular flexibility index (Phi) is 4.29. The standard InChI is InChI=1S/C13H14N2O4S/c1-20-8-10-6-11(15(18)19)2-3-12(10)9-4-5-14(7-9)13(16)17/h2-4,6H,5,7-8H2,1H3,(H,16,17). The van der Waals surface area contributed by atoms with Crippen molar-refractivity contribution in [1.82, 2.24) is 4.90 Å². The molecule has 0 aliphatic carbocycles. The van der Waals surface area contributed by atoms with Gasteiger partial charge in [0.05, 0.1) is 4.92 Å². The van der Waals surface area contributed by atoms with Crippen LogP contribution in [-0.2, 0) is 5.75 Å². The first-order chi connectivity index (χ1) is 9.52. The Morgan fingerprint density at radius 1 is 1.55 bits per heavy atom. The summed E-state index contributed by atoms with van der Waals surface area (Å²) in [6.45, 7) is 0.689. The SMILES string of the molecule is CSCc1cc([N+](=O)[O-])ccc1C1=CCN(C(=O)O)C1. The van der Waals surface area contributed by atoms with Crippen molar-refractivity contribution in [3.8, 4) is 0 Å². The maximum absolute atomic E-state index is 10.9. The molecule has 0 atom stereocenters. The fourth-order valence-corrected chi connectivity index (χ4v) is 2.73. The van der Waals surface area contributed by atoms with Gasteiger partial charge in [-0.25, -0.2) is 4.79 Å². The number of nitro benzene ring substituents is 1. The molecule has 106 valence electrons. The van der Waals surface area contributed by atoms with Crippen molar-refractivity contribution < 1.29 is 14.8 Å². The first-order valence-corrected chi connectivity index (χ1v) is 7.36. The normalized spacial score (nSPS) is 14.2. The van der Waals surface area contributed by atoms with Gasteiger partial charge in [-0.2, -0.15) is 11.8 Å². The minimum absolute atomic E-state index is 0.0616. The molecule has 1 heterocycles. The molecular formula is C13H14N2O4S. The third-order valence-electron chi connectivity index (χ3n) is 3.14. The lowest BCUT2D eigenvalue weighted by atomic mass is 10.0. The third-order valence-corrected chi connectivity index (χ3v) is 3.73. The van der Waals surface area contributed by atoms with Crippen molar-refractivity contribution in [3.05, 3.63) is 45.5 Å². The van der Waals surface area contributed by atoms with Gasteiger partial charge in [-0.15, -0.1) is 0 Å². The Labute approximate surface area is 120 Å². The summed E-state index contributed by atoms with van der Waals surface area (Å²) < 4.78 is 0. The van der Waals surface area contributed by atoms with E-state index in [1.807, 2.05) is 12.3 Å². The zero-order chi connectivity index (χ0) is 14.7. The fourth-order valence-electron chi connectivity index (χ4n) is 2.18. The topological polar surface area (TPSA) is 83.7 Å². The van der Waals surface area contributed by atoms with E-state index in [1.54, 1.807) is 23.9 Å². The number of carbonyl (C=O) groups is 1. The van der Waals surface area contributed by atoms with Crippen molar-refractivity contribution in [2.75, 3.05) is 19.3 Å². The number of benzene rings is 1. The van der Waals surface area contributed by atoms with Crippen LogP contribution < -0.4 is 0 Å². The number of amides is 1. The second-order valence-electron chi connectivity index (χ2n) is 4.42. The first-order valence-electron chi connectivity index (χ1n) is 5.96. The Bertz CT molecular complexity index is 586. The van der Waals surface area contributed by atoms with E-state index in [4.69, 9.17) is 5.11 Å². The van der Waals surface area contributed by atoms with Crippen molar-refractivity contribution in [2.45, 2.75) is 5.75 Å². The molecule has 1 aliphatic rings. The first kappa shape index (κ1) is 14.4. The van der Waals surface area contributed by atoms with Crippen LogP contribution in [0.15, 0.2) is 24.3 Å². The molecule has 1 aromatic rings.